The summed E-state index contributed by atoms with van der Waals surface area (Å²) >= 11 is 1.27. The van der Waals surface area contributed by atoms with Gasteiger partial charge in [-0.3, -0.25) is 14.7 Å². The fraction of sp³-hybridized carbons (Fsp3) is 0.474. The summed E-state index contributed by atoms with van der Waals surface area (Å²) in [4.78, 5) is 37.6. The van der Waals surface area contributed by atoms with Crippen LogP contribution in [-0.4, -0.2) is 46.3 Å². The van der Waals surface area contributed by atoms with Gasteiger partial charge in [-0.05, 0) is 43.7 Å². The molecule has 2 aromatic heterocycles. The number of halogens is 1. The summed E-state index contributed by atoms with van der Waals surface area (Å²) in [5.74, 6) is 0.211. The third kappa shape index (κ3) is 4.00. The summed E-state index contributed by atoms with van der Waals surface area (Å²) in [6.07, 6.45) is 5.81. The van der Waals surface area contributed by atoms with E-state index in [1.807, 2.05) is 4.90 Å². The van der Waals surface area contributed by atoms with Gasteiger partial charge in [0.25, 0.3) is 0 Å². The van der Waals surface area contributed by atoms with Crippen molar-refractivity contribution in [3.8, 4) is 0 Å². The first kappa shape index (κ1) is 18.0. The highest BCUT2D eigenvalue weighted by molar-refractivity contribution is 7.17. The zero-order chi connectivity index (χ0) is 19.0. The lowest BCUT2D eigenvalue weighted by molar-refractivity contribution is 0.0986. The topological polar surface area (TPSA) is 66.4 Å². The van der Waals surface area contributed by atoms with Crippen LogP contribution in [0, 0.1) is 18.7 Å². The van der Waals surface area contributed by atoms with Gasteiger partial charge < -0.3 is 4.90 Å². The van der Waals surface area contributed by atoms with Crippen LogP contribution >= 0.6 is 11.3 Å². The van der Waals surface area contributed by atoms with Crippen LogP contribution in [0.15, 0.2) is 18.5 Å². The molecule has 0 N–H and O–H groups in total. The van der Waals surface area contributed by atoms with Gasteiger partial charge in [-0.15, -0.1) is 0 Å². The molecule has 1 aliphatic heterocycles. The van der Waals surface area contributed by atoms with E-state index in [2.05, 4.69) is 9.97 Å². The van der Waals surface area contributed by atoms with Gasteiger partial charge in [0, 0.05) is 32.3 Å². The Morgan fingerprint density at radius 2 is 2.15 bits per heavy atom. The van der Waals surface area contributed by atoms with Crippen molar-refractivity contribution in [2.24, 2.45) is 5.92 Å². The maximum absolute atomic E-state index is 13.2. The van der Waals surface area contributed by atoms with Gasteiger partial charge in [-0.1, -0.05) is 11.3 Å². The molecule has 1 saturated carbocycles. The van der Waals surface area contributed by atoms with E-state index in [9.17, 15) is 14.0 Å². The smallest absolute Gasteiger partial charge is 0.322 e. The maximum atomic E-state index is 13.2. The van der Waals surface area contributed by atoms with Crippen molar-refractivity contribution in [2.75, 3.05) is 24.5 Å². The number of thiazole rings is 1. The summed E-state index contributed by atoms with van der Waals surface area (Å²) in [5.41, 5.74) is 1.34. The highest BCUT2D eigenvalue weighted by Gasteiger charge is 2.35. The second kappa shape index (κ2) is 7.34. The molecule has 2 fully saturated rings. The van der Waals surface area contributed by atoms with Crippen molar-refractivity contribution in [2.45, 2.75) is 32.6 Å². The van der Waals surface area contributed by atoms with Crippen LogP contribution in [0.1, 0.15) is 40.2 Å². The lowest BCUT2D eigenvalue weighted by Crippen LogP contribution is -2.33. The van der Waals surface area contributed by atoms with E-state index < -0.39 is 5.82 Å². The summed E-state index contributed by atoms with van der Waals surface area (Å²) in [6.45, 7) is 3.94. The molecule has 2 aromatic rings. The lowest BCUT2D eigenvalue weighted by Gasteiger charge is -2.16. The van der Waals surface area contributed by atoms with E-state index in [1.54, 1.807) is 18.0 Å². The molecule has 6 nitrogen and oxygen atoms in total. The summed E-state index contributed by atoms with van der Waals surface area (Å²) in [6, 6.07) is 1.38. The number of hydrogen-bond acceptors (Lipinski definition) is 5. The third-order valence-corrected chi connectivity index (χ3v) is 6.16. The Bertz CT molecular complexity index is 880. The summed E-state index contributed by atoms with van der Waals surface area (Å²) in [7, 11) is 0. The normalized spacial score (nSPS) is 17.0. The molecule has 142 valence electrons. The minimum atomic E-state index is -0.403. The SMILES string of the molecule is Cc1nc(N2CCN(CC3CC3)C2=O)sc1C(=O)CCc1cncc(F)c1. The van der Waals surface area contributed by atoms with Crippen LogP contribution in [0.2, 0.25) is 0 Å². The molecule has 0 bridgehead atoms. The van der Waals surface area contributed by atoms with Gasteiger partial charge in [-0.25, -0.2) is 14.2 Å². The van der Waals surface area contributed by atoms with Crippen molar-refractivity contribution in [3.05, 3.63) is 40.4 Å². The maximum Gasteiger partial charge on any atom is 0.326 e. The standard InChI is InChI=1S/C19H21FN4O2S/c1-12-17(16(25)5-4-14-8-15(20)10-21-9-14)27-18(22-12)24-7-6-23(19(24)26)11-13-2-3-13/h8-10,13H,2-7,11H2,1H3. The highest BCUT2D eigenvalue weighted by atomic mass is 32.1. The Morgan fingerprint density at radius 1 is 1.33 bits per heavy atom. The van der Waals surface area contributed by atoms with E-state index in [0.717, 1.165) is 12.7 Å². The molecule has 3 heterocycles. The quantitative estimate of drug-likeness (QED) is 0.682. The van der Waals surface area contributed by atoms with Gasteiger partial charge in [0.1, 0.15) is 5.82 Å². The molecule has 4 rings (SSSR count). The van der Waals surface area contributed by atoms with Crippen LogP contribution in [0.5, 0.6) is 0 Å². The van der Waals surface area contributed by atoms with Crippen LogP contribution in [0.4, 0.5) is 14.3 Å². The molecule has 1 saturated heterocycles. The minimum absolute atomic E-state index is 0.0134. The highest BCUT2D eigenvalue weighted by Crippen LogP contribution is 2.33. The minimum Gasteiger partial charge on any atom is -0.322 e. The number of carbonyl (C=O) groups excluding carboxylic acids is 2. The number of aromatic nitrogens is 2. The first-order chi connectivity index (χ1) is 13.0. The number of rotatable bonds is 7. The van der Waals surface area contributed by atoms with E-state index >= 15 is 0 Å². The second-order valence-electron chi connectivity index (χ2n) is 7.17. The molecule has 0 radical (unpaired) electrons. The Labute approximate surface area is 161 Å². The average Bonchev–Trinajstić information content (AvgIpc) is 3.28. The predicted molar refractivity (Wildman–Crippen MR) is 101 cm³/mol. The monoisotopic (exact) mass is 388 g/mol. The van der Waals surface area contributed by atoms with Crippen molar-refractivity contribution < 1.29 is 14.0 Å². The van der Waals surface area contributed by atoms with Gasteiger partial charge in [0.15, 0.2) is 10.9 Å². The van der Waals surface area contributed by atoms with Crippen molar-refractivity contribution in [1.29, 1.82) is 0 Å². The van der Waals surface area contributed by atoms with Crippen molar-refractivity contribution >= 4 is 28.3 Å². The molecule has 27 heavy (non-hydrogen) atoms. The number of nitrogens with zero attached hydrogens (tertiary/aromatic N) is 4. The average molecular weight is 388 g/mol. The van der Waals surface area contributed by atoms with Crippen molar-refractivity contribution in [1.82, 2.24) is 14.9 Å². The van der Waals surface area contributed by atoms with Crippen LogP contribution in [-0.2, 0) is 6.42 Å². The molecule has 0 atom stereocenters. The molecule has 1 aliphatic carbocycles. The number of anilines is 1. The molecular formula is C19H21FN4O2S. The molecule has 2 amide bonds. The Balaban J connectivity index is 1.41. The second-order valence-corrected chi connectivity index (χ2v) is 8.15. The summed E-state index contributed by atoms with van der Waals surface area (Å²) < 4.78 is 13.2. The van der Waals surface area contributed by atoms with E-state index in [-0.39, 0.29) is 18.2 Å². The third-order valence-electron chi connectivity index (χ3n) is 4.94. The van der Waals surface area contributed by atoms with Gasteiger partial charge in [0.05, 0.1) is 16.8 Å². The lowest BCUT2D eigenvalue weighted by atomic mass is 10.1. The van der Waals surface area contributed by atoms with Gasteiger partial charge >= 0.3 is 6.03 Å². The fourth-order valence-electron chi connectivity index (χ4n) is 3.26. The predicted octanol–water partition coefficient (Wildman–Crippen LogP) is 3.45. The number of aryl methyl sites for hydroxylation is 2. The fourth-order valence-corrected chi connectivity index (χ4v) is 4.32. The van der Waals surface area contributed by atoms with E-state index in [1.165, 1.54) is 30.2 Å². The molecule has 0 unspecified atom stereocenters. The Morgan fingerprint density at radius 3 is 2.89 bits per heavy atom. The molecule has 8 heteroatoms. The number of urea groups is 1. The van der Waals surface area contributed by atoms with E-state index in [4.69, 9.17) is 0 Å². The first-order valence-corrected chi connectivity index (χ1v) is 9.99. The van der Waals surface area contributed by atoms with Gasteiger partial charge in [0.2, 0.25) is 0 Å². The molecule has 0 spiro atoms. The zero-order valence-electron chi connectivity index (χ0n) is 15.2. The molecular weight excluding hydrogens is 367 g/mol. The zero-order valence-corrected chi connectivity index (χ0v) is 16.0. The number of ketones is 1. The largest absolute Gasteiger partial charge is 0.326 e. The van der Waals surface area contributed by atoms with Crippen LogP contribution in [0.3, 0.4) is 0 Å². The Hall–Kier alpha value is -2.35. The Kier molecular flexibility index (Phi) is 4.90. The number of Topliss-reactive ketones (excluding diaryl/α,β-unsaturated/α-hetero) is 1. The van der Waals surface area contributed by atoms with Gasteiger partial charge in [-0.2, -0.15) is 0 Å². The first-order valence-electron chi connectivity index (χ1n) is 9.18. The van der Waals surface area contributed by atoms with Crippen molar-refractivity contribution in [3.63, 3.8) is 0 Å². The summed E-state index contributed by atoms with van der Waals surface area (Å²) in [5, 5.41) is 0.589. The molecule has 2 aliphatic rings. The number of hydrogen-bond donors (Lipinski definition) is 0. The molecule has 0 aromatic carbocycles. The van der Waals surface area contributed by atoms with Crippen LogP contribution in [0.25, 0.3) is 0 Å². The number of amides is 2. The van der Waals surface area contributed by atoms with Crippen LogP contribution < -0.4 is 4.90 Å². The number of carbonyl (C=O) groups is 2. The van der Waals surface area contributed by atoms with E-state index in [0.29, 0.717) is 46.7 Å². The number of pyridine rings is 1.